The van der Waals surface area contributed by atoms with Crippen LogP contribution >= 0.6 is 0 Å². The predicted octanol–water partition coefficient (Wildman–Crippen LogP) is 2.83. The summed E-state index contributed by atoms with van der Waals surface area (Å²) in [6.45, 7) is 0. The van der Waals surface area contributed by atoms with E-state index in [-0.39, 0.29) is 23.7 Å². The molecule has 0 saturated heterocycles. The maximum Gasteiger partial charge on any atom is 0.167 e. The normalized spacial score (nSPS) is 10.1. The van der Waals surface area contributed by atoms with Crippen LogP contribution in [0.15, 0.2) is 42.5 Å². The van der Waals surface area contributed by atoms with Crippen molar-refractivity contribution in [3.05, 3.63) is 53.6 Å². The van der Waals surface area contributed by atoms with Crippen LogP contribution < -0.4 is 9.47 Å². The van der Waals surface area contributed by atoms with Gasteiger partial charge in [0, 0.05) is 17.5 Å². The molecule has 0 aromatic heterocycles. The van der Waals surface area contributed by atoms with Gasteiger partial charge in [-0.05, 0) is 24.3 Å². The van der Waals surface area contributed by atoms with Gasteiger partial charge in [-0.25, -0.2) is 0 Å². The number of aromatic hydroxyl groups is 1. The van der Waals surface area contributed by atoms with Gasteiger partial charge in [0.15, 0.2) is 17.3 Å². The third-order valence-electron chi connectivity index (χ3n) is 3.05. The Morgan fingerprint density at radius 2 is 1.75 bits per heavy atom. The van der Waals surface area contributed by atoms with E-state index in [9.17, 15) is 9.90 Å². The fourth-order valence-electron chi connectivity index (χ4n) is 1.98. The third-order valence-corrected chi connectivity index (χ3v) is 3.05. The maximum absolute atomic E-state index is 12.3. The number of ether oxygens (including phenoxy) is 2. The van der Waals surface area contributed by atoms with Crippen molar-refractivity contribution in [3.8, 4) is 17.2 Å². The van der Waals surface area contributed by atoms with E-state index >= 15 is 0 Å². The van der Waals surface area contributed by atoms with Gasteiger partial charge in [0.25, 0.3) is 0 Å². The number of benzene rings is 2. The zero-order valence-corrected chi connectivity index (χ0v) is 11.4. The van der Waals surface area contributed by atoms with Crippen molar-refractivity contribution < 1.29 is 19.4 Å². The highest BCUT2D eigenvalue weighted by Crippen LogP contribution is 2.27. The van der Waals surface area contributed by atoms with Crippen LogP contribution in [0.3, 0.4) is 0 Å². The number of hydrogen-bond donors (Lipinski definition) is 1. The molecule has 2 rings (SSSR count). The molecule has 4 nitrogen and oxygen atoms in total. The molecule has 0 aliphatic rings. The molecule has 20 heavy (non-hydrogen) atoms. The second kappa shape index (κ2) is 6.10. The number of hydrogen-bond acceptors (Lipinski definition) is 4. The van der Waals surface area contributed by atoms with Gasteiger partial charge in [0.1, 0.15) is 5.75 Å². The van der Waals surface area contributed by atoms with Crippen LogP contribution in [0.25, 0.3) is 0 Å². The van der Waals surface area contributed by atoms with E-state index in [1.54, 1.807) is 13.2 Å². The minimum atomic E-state index is -0.0622. The number of para-hydroxylation sites is 1. The number of carbonyl (C=O) groups is 1. The van der Waals surface area contributed by atoms with E-state index in [2.05, 4.69) is 0 Å². The van der Waals surface area contributed by atoms with Crippen molar-refractivity contribution in [2.45, 2.75) is 6.42 Å². The van der Waals surface area contributed by atoms with E-state index in [1.165, 1.54) is 19.2 Å². The van der Waals surface area contributed by atoms with Gasteiger partial charge in [-0.3, -0.25) is 4.79 Å². The monoisotopic (exact) mass is 272 g/mol. The molecule has 2 aromatic rings. The van der Waals surface area contributed by atoms with Crippen LogP contribution in [0.2, 0.25) is 0 Å². The second-order valence-corrected chi connectivity index (χ2v) is 4.30. The quantitative estimate of drug-likeness (QED) is 0.850. The maximum atomic E-state index is 12.3. The lowest BCUT2D eigenvalue weighted by atomic mass is 10.0. The molecule has 4 heteroatoms. The summed E-state index contributed by atoms with van der Waals surface area (Å²) < 4.78 is 10.2. The summed E-state index contributed by atoms with van der Waals surface area (Å²) in [4.78, 5) is 12.3. The Kier molecular flexibility index (Phi) is 4.25. The number of rotatable bonds is 5. The van der Waals surface area contributed by atoms with E-state index in [1.807, 2.05) is 24.3 Å². The minimum Gasteiger partial charge on any atom is -0.504 e. The summed E-state index contributed by atoms with van der Waals surface area (Å²) in [7, 11) is 3.02. The summed E-state index contributed by atoms with van der Waals surface area (Å²) in [6.07, 6.45) is 0.234. The highest BCUT2D eigenvalue weighted by molar-refractivity contribution is 5.98. The van der Waals surface area contributed by atoms with Crippen LogP contribution in [0.1, 0.15) is 15.9 Å². The van der Waals surface area contributed by atoms with E-state index in [0.29, 0.717) is 11.3 Å². The molecule has 0 spiro atoms. The summed E-state index contributed by atoms with van der Waals surface area (Å²) in [5.41, 5.74) is 1.32. The minimum absolute atomic E-state index is 0.0151. The Morgan fingerprint density at radius 3 is 2.45 bits per heavy atom. The van der Waals surface area contributed by atoms with Gasteiger partial charge in [-0.1, -0.05) is 18.2 Å². The molecular weight excluding hydrogens is 256 g/mol. The first-order chi connectivity index (χ1) is 9.65. The molecule has 0 amide bonds. The first-order valence-corrected chi connectivity index (χ1v) is 6.17. The predicted molar refractivity (Wildman–Crippen MR) is 75.7 cm³/mol. The molecule has 0 unspecified atom stereocenters. The molecule has 104 valence electrons. The summed E-state index contributed by atoms with van der Waals surface area (Å²) in [5, 5.41) is 9.53. The van der Waals surface area contributed by atoms with E-state index in [4.69, 9.17) is 9.47 Å². The molecule has 0 aliphatic heterocycles. The van der Waals surface area contributed by atoms with E-state index < -0.39 is 0 Å². The molecule has 0 bridgehead atoms. The van der Waals surface area contributed by atoms with Gasteiger partial charge in [-0.15, -0.1) is 0 Å². The molecule has 1 N–H and O–H groups in total. The lowest BCUT2D eigenvalue weighted by Gasteiger charge is -2.09. The highest BCUT2D eigenvalue weighted by Gasteiger charge is 2.12. The standard InChI is InChI=1S/C16H16O4/c1-19-15-6-4-3-5-12(15)9-14(18)11-7-8-13(17)16(10-11)20-2/h3-8,10,17H,9H2,1-2H3. The Bertz CT molecular complexity index is 620. The molecule has 0 saturated carbocycles. The summed E-state index contributed by atoms with van der Waals surface area (Å²) >= 11 is 0. The number of Topliss-reactive ketones (excluding diaryl/α,β-unsaturated/α-hetero) is 1. The largest absolute Gasteiger partial charge is 0.504 e. The zero-order valence-electron chi connectivity index (χ0n) is 11.4. The van der Waals surface area contributed by atoms with Crippen LogP contribution in [0.5, 0.6) is 17.2 Å². The molecule has 0 heterocycles. The topological polar surface area (TPSA) is 55.8 Å². The molecule has 0 radical (unpaired) electrons. The lowest BCUT2D eigenvalue weighted by molar-refractivity contribution is 0.0991. The van der Waals surface area contributed by atoms with Gasteiger partial charge < -0.3 is 14.6 Å². The van der Waals surface area contributed by atoms with Gasteiger partial charge in [0.2, 0.25) is 0 Å². The first kappa shape index (κ1) is 13.9. The third kappa shape index (κ3) is 2.91. The van der Waals surface area contributed by atoms with Gasteiger partial charge in [0.05, 0.1) is 14.2 Å². The Balaban J connectivity index is 2.24. The van der Waals surface area contributed by atoms with Crippen molar-refractivity contribution in [1.82, 2.24) is 0 Å². The number of methoxy groups -OCH3 is 2. The molecule has 2 aromatic carbocycles. The second-order valence-electron chi connectivity index (χ2n) is 4.30. The molecule has 0 aliphatic carbocycles. The van der Waals surface area contributed by atoms with E-state index in [0.717, 1.165) is 5.56 Å². The average molecular weight is 272 g/mol. The summed E-state index contributed by atoms with van der Waals surface area (Å²) in [6, 6.07) is 12.0. The van der Waals surface area contributed by atoms with Crippen LogP contribution in [0, 0.1) is 0 Å². The van der Waals surface area contributed by atoms with Crippen molar-refractivity contribution in [2.24, 2.45) is 0 Å². The van der Waals surface area contributed by atoms with Crippen molar-refractivity contribution in [1.29, 1.82) is 0 Å². The lowest BCUT2D eigenvalue weighted by Crippen LogP contribution is -2.05. The number of carbonyl (C=O) groups excluding carboxylic acids is 1. The molecule has 0 atom stereocenters. The Hall–Kier alpha value is -2.49. The van der Waals surface area contributed by atoms with Crippen LogP contribution in [-0.2, 0) is 6.42 Å². The summed E-state index contributed by atoms with van der Waals surface area (Å²) in [5.74, 6) is 0.927. The number of phenolic OH excluding ortho intramolecular Hbond substituents is 1. The fourth-order valence-corrected chi connectivity index (χ4v) is 1.98. The van der Waals surface area contributed by atoms with Crippen LogP contribution in [-0.4, -0.2) is 25.1 Å². The van der Waals surface area contributed by atoms with Crippen LogP contribution in [0.4, 0.5) is 0 Å². The Labute approximate surface area is 117 Å². The first-order valence-electron chi connectivity index (χ1n) is 6.17. The highest BCUT2D eigenvalue weighted by atomic mass is 16.5. The number of ketones is 1. The van der Waals surface area contributed by atoms with Gasteiger partial charge >= 0.3 is 0 Å². The Morgan fingerprint density at radius 1 is 1.05 bits per heavy atom. The van der Waals surface area contributed by atoms with Gasteiger partial charge in [-0.2, -0.15) is 0 Å². The van der Waals surface area contributed by atoms with Crippen molar-refractivity contribution in [2.75, 3.05) is 14.2 Å². The zero-order chi connectivity index (χ0) is 14.5. The smallest absolute Gasteiger partial charge is 0.167 e. The van der Waals surface area contributed by atoms with Crippen molar-refractivity contribution in [3.63, 3.8) is 0 Å². The average Bonchev–Trinajstić information content (AvgIpc) is 2.48. The number of phenols is 1. The van der Waals surface area contributed by atoms with Crippen molar-refractivity contribution >= 4 is 5.78 Å². The molecule has 0 fully saturated rings. The SMILES string of the molecule is COc1cc(C(=O)Cc2ccccc2OC)ccc1O. The molecular formula is C16H16O4. The fraction of sp³-hybridized carbons (Fsp3) is 0.188.